The molecular formula is C18H23N3O3. The van der Waals surface area contributed by atoms with Gasteiger partial charge in [0.25, 0.3) is 5.91 Å². The number of hydrogen-bond acceptors (Lipinski definition) is 4. The molecule has 0 aromatic carbocycles. The van der Waals surface area contributed by atoms with Gasteiger partial charge >= 0.3 is 0 Å². The maximum absolute atomic E-state index is 12.8. The van der Waals surface area contributed by atoms with Gasteiger partial charge in [-0.3, -0.25) is 4.79 Å². The Balaban J connectivity index is 1.50. The van der Waals surface area contributed by atoms with E-state index in [1.807, 2.05) is 40.6 Å². The molecule has 4 rings (SSSR count). The third-order valence-electron chi connectivity index (χ3n) is 5.43. The lowest BCUT2D eigenvalue weighted by Gasteiger charge is -2.46. The zero-order chi connectivity index (χ0) is 16.7. The highest BCUT2D eigenvalue weighted by molar-refractivity contribution is 5.93. The van der Waals surface area contributed by atoms with Crippen molar-refractivity contribution < 1.29 is 14.6 Å². The number of hydrogen-bond donors (Lipinski definition) is 1. The zero-order valence-electron chi connectivity index (χ0n) is 13.9. The SMILES string of the molecule is Cc1cccc2nc(C(=O)N3CCC4(CC3)OCCC[C@H]4O)cn12. The Bertz CT molecular complexity index is 762. The van der Waals surface area contributed by atoms with Gasteiger partial charge in [-0.25, -0.2) is 4.98 Å². The number of pyridine rings is 1. The molecule has 1 atom stereocenters. The summed E-state index contributed by atoms with van der Waals surface area (Å²) in [7, 11) is 0. The van der Waals surface area contributed by atoms with Crippen LogP contribution in [-0.2, 0) is 4.74 Å². The molecule has 24 heavy (non-hydrogen) atoms. The van der Waals surface area contributed by atoms with Crippen LogP contribution in [0.25, 0.3) is 5.65 Å². The van der Waals surface area contributed by atoms with E-state index in [4.69, 9.17) is 4.74 Å². The molecule has 0 radical (unpaired) electrons. The molecule has 1 amide bonds. The van der Waals surface area contributed by atoms with Crippen LogP contribution in [-0.4, -0.2) is 56.7 Å². The highest BCUT2D eigenvalue weighted by Gasteiger charge is 2.44. The van der Waals surface area contributed by atoms with E-state index < -0.39 is 11.7 Å². The van der Waals surface area contributed by atoms with Gasteiger partial charge in [-0.2, -0.15) is 0 Å². The highest BCUT2D eigenvalue weighted by atomic mass is 16.5. The number of fused-ring (bicyclic) bond motifs is 1. The maximum Gasteiger partial charge on any atom is 0.274 e. The fourth-order valence-corrected chi connectivity index (χ4v) is 3.89. The van der Waals surface area contributed by atoms with Crippen molar-refractivity contribution in [3.05, 3.63) is 35.8 Å². The first kappa shape index (κ1) is 15.6. The molecule has 2 aliphatic rings. The van der Waals surface area contributed by atoms with E-state index in [2.05, 4.69) is 4.98 Å². The number of piperidine rings is 1. The molecule has 2 aromatic heterocycles. The molecule has 6 nitrogen and oxygen atoms in total. The third kappa shape index (κ3) is 2.50. The van der Waals surface area contributed by atoms with Crippen LogP contribution in [0.15, 0.2) is 24.4 Å². The number of ether oxygens (including phenoxy) is 1. The Morgan fingerprint density at radius 1 is 1.38 bits per heavy atom. The zero-order valence-corrected chi connectivity index (χ0v) is 13.9. The molecule has 2 aliphatic heterocycles. The molecule has 1 spiro atoms. The molecule has 0 unspecified atom stereocenters. The summed E-state index contributed by atoms with van der Waals surface area (Å²) in [6, 6.07) is 5.84. The number of aromatic nitrogens is 2. The minimum Gasteiger partial charge on any atom is -0.390 e. The van der Waals surface area contributed by atoms with E-state index in [1.165, 1.54) is 0 Å². The normalized spacial score (nSPS) is 23.8. The molecule has 0 saturated carbocycles. The summed E-state index contributed by atoms with van der Waals surface area (Å²) in [4.78, 5) is 19.1. The largest absolute Gasteiger partial charge is 0.390 e. The minimum atomic E-state index is -0.454. The number of aryl methyl sites for hydroxylation is 1. The van der Waals surface area contributed by atoms with E-state index in [1.54, 1.807) is 0 Å². The van der Waals surface area contributed by atoms with E-state index in [0.29, 0.717) is 38.2 Å². The van der Waals surface area contributed by atoms with Gasteiger partial charge in [-0.1, -0.05) is 6.07 Å². The fourth-order valence-electron chi connectivity index (χ4n) is 3.89. The van der Waals surface area contributed by atoms with Crippen LogP contribution in [0, 0.1) is 6.92 Å². The number of rotatable bonds is 1. The Kier molecular flexibility index (Phi) is 3.81. The average molecular weight is 329 g/mol. The standard InChI is InChI=1S/C18H23N3O3/c1-13-4-2-6-16-19-14(12-21(13)16)17(23)20-9-7-18(8-10-20)15(22)5-3-11-24-18/h2,4,6,12,15,22H,3,5,7-11H2,1H3/t15-/m1/s1. The molecule has 128 valence electrons. The van der Waals surface area contributed by atoms with Gasteiger partial charge in [-0.05, 0) is 44.7 Å². The fraction of sp³-hybridized carbons (Fsp3) is 0.556. The van der Waals surface area contributed by atoms with Gasteiger partial charge in [0.2, 0.25) is 0 Å². The molecular weight excluding hydrogens is 306 g/mol. The van der Waals surface area contributed by atoms with Crippen molar-refractivity contribution in [3.63, 3.8) is 0 Å². The lowest BCUT2D eigenvalue weighted by atomic mass is 9.82. The smallest absolute Gasteiger partial charge is 0.274 e. The van der Waals surface area contributed by atoms with Crippen molar-refractivity contribution in [2.24, 2.45) is 0 Å². The number of imidazole rings is 1. The molecule has 1 N–H and O–H groups in total. The predicted molar refractivity (Wildman–Crippen MR) is 89.0 cm³/mol. The van der Waals surface area contributed by atoms with Gasteiger partial charge in [0, 0.05) is 31.6 Å². The van der Waals surface area contributed by atoms with Crippen LogP contribution < -0.4 is 0 Å². The summed E-state index contributed by atoms with van der Waals surface area (Å²) in [5.41, 5.74) is 1.86. The summed E-state index contributed by atoms with van der Waals surface area (Å²) in [5, 5.41) is 10.3. The quantitative estimate of drug-likeness (QED) is 0.866. The summed E-state index contributed by atoms with van der Waals surface area (Å²) in [6.07, 6.45) is 4.47. The van der Waals surface area contributed by atoms with Gasteiger partial charge in [0.15, 0.2) is 0 Å². The van der Waals surface area contributed by atoms with Gasteiger partial charge in [0.05, 0.1) is 11.7 Å². The topological polar surface area (TPSA) is 67.1 Å². The lowest BCUT2D eigenvalue weighted by Crippen LogP contribution is -2.56. The monoisotopic (exact) mass is 329 g/mol. The van der Waals surface area contributed by atoms with Gasteiger partial charge < -0.3 is 19.1 Å². The van der Waals surface area contributed by atoms with Gasteiger partial charge in [0.1, 0.15) is 11.3 Å². The van der Waals surface area contributed by atoms with Crippen LogP contribution in [0.3, 0.4) is 0 Å². The van der Waals surface area contributed by atoms with Crippen LogP contribution in [0.1, 0.15) is 41.9 Å². The number of amides is 1. The number of aliphatic hydroxyl groups excluding tert-OH is 1. The van der Waals surface area contributed by atoms with Crippen LogP contribution in [0.5, 0.6) is 0 Å². The number of likely N-dealkylation sites (tertiary alicyclic amines) is 1. The first-order valence-electron chi connectivity index (χ1n) is 8.65. The molecule has 0 aliphatic carbocycles. The molecule has 6 heteroatoms. The van der Waals surface area contributed by atoms with Crippen LogP contribution in [0.4, 0.5) is 0 Å². The Morgan fingerprint density at radius 2 is 2.17 bits per heavy atom. The second-order valence-corrected chi connectivity index (χ2v) is 6.88. The van der Waals surface area contributed by atoms with E-state index in [-0.39, 0.29) is 5.91 Å². The Morgan fingerprint density at radius 3 is 2.88 bits per heavy atom. The summed E-state index contributed by atoms with van der Waals surface area (Å²) in [6.45, 7) is 3.90. The number of carbonyl (C=O) groups is 1. The highest BCUT2D eigenvalue weighted by Crippen LogP contribution is 2.35. The second-order valence-electron chi connectivity index (χ2n) is 6.88. The van der Waals surface area contributed by atoms with Crippen molar-refractivity contribution in [1.82, 2.24) is 14.3 Å². The molecule has 0 bridgehead atoms. The Labute approximate surface area is 141 Å². The average Bonchev–Trinajstić information content (AvgIpc) is 3.03. The maximum atomic E-state index is 12.8. The van der Waals surface area contributed by atoms with Crippen molar-refractivity contribution in [2.75, 3.05) is 19.7 Å². The van der Waals surface area contributed by atoms with Crippen LogP contribution >= 0.6 is 0 Å². The summed E-state index contributed by atoms with van der Waals surface area (Å²) in [5.74, 6) is -0.0433. The summed E-state index contributed by atoms with van der Waals surface area (Å²) >= 11 is 0. The van der Waals surface area contributed by atoms with E-state index >= 15 is 0 Å². The predicted octanol–water partition coefficient (Wildman–Crippen LogP) is 1.79. The van der Waals surface area contributed by atoms with Gasteiger partial charge in [-0.15, -0.1) is 0 Å². The number of nitrogens with zero attached hydrogens (tertiary/aromatic N) is 3. The first-order chi connectivity index (χ1) is 11.6. The number of aliphatic hydroxyl groups is 1. The second kappa shape index (κ2) is 5.86. The van der Waals surface area contributed by atoms with E-state index in [9.17, 15) is 9.90 Å². The molecule has 2 fully saturated rings. The molecule has 4 heterocycles. The number of carbonyl (C=O) groups excluding carboxylic acids is 1. The van der Waals surface area contributed by atoms with Crippen molar-refractivity contribution >= 4 is 11.6 Å². The van der Waals surface area contributed by atoms with Crippen molar-refractivity contribution in [1.29, 1.82) is 0 Å². The van der Waals surface area contributed by atoms with E-state index in [0.717, 1.165) is 24.2 Å². The summed E-state index contributed by atoms with van der Waals surface area (Å²) < 4.78 is 7.85. The molecule has 2 saturated heterocycles. The van der Waals surface area contributed by atoms with Crippen LogP contribution in [0.2, 0.25) is 0 Å². The van der Waals surface area contributed by atoms with Crippen molar-refractivity contribution in [2.45, 2.75) is 44.3 Å². The third-order valence-corrected chi connectivity index (χ3v) is 5.43. The molecule has 2 aromatic rings. The Hall–Kier alpha value is -1.92. The lowest BCUT2D eigenvalue weighted by molar-refractivity contribution is -0.174. The minimum absolute atomic E-state index is 0.0433. The van der Waals surface area contributed by atoms with Crippen molar-refractivity contribution in [3.8, 4) is 0 Å². The first-order valence-corrected chi connectivity index (χ1v) is 8.65.